The number of amides is 1. The molecule has 7 nitrogen and oxygen atoms in total. The van der Waals surface area contributed by atoms with Crippen LogP contribution in [0.25, 0.3) is 0 Å². The third kappa shape index (κ3) is 6.44. The van der Waals surface area contributed by atoms with Crippen LogP contribution in [-0.4, -0.2) is 69.5 Å². The van der Waals surface area contributed by atoms with E-state index in [2.05, 4.69) is 41.4 Å². The monoisotopic (exact) mass is 485 g/mol. The summed E-state index contributed by atoms with van der Waals surface area (Å²) in [7, 11) is -3.38. The molecular formula is C26H35N3O4S. The zero-order chi connectivity index (χ0) is 24.0. The van der Waals surface area contributed by atoms with Gasteiger partial charge in [-0.1, -0.05) is 60.2 Å². The number of sulfonamides is 1. The molecular weight excluding hydrogens is 450 g/mol. The van der Waals surface area contributed by atoms with Gasteiger partial charge in [-0.05, 0) is 30.9 Å². The topological polar surface area (TPSA) is 79.0 Å². The van der Waals surface area contributed by atoms with Crippen LogP contribution in [0.1, 0.15) is 35.6 Å². The number of benzene rings is 2. The number of hydrogen-bond acceptors (Lipinski definition) is 5. The van der Waals surface area contributed by atoms with E-state index in [0.29, 0.717) is 45.7 Å². The molecule has 2 aromatic rings. The molecule has 184 valence electrons. The Hall–Kier alpha value is -2.26. The highest BCUT2D eigenvalue weighted by atomic mass is 32.2. The van der Waals surface area contributed by atoms with Crippen LogP contribution in [0.15, 0.2) is 54.6 Å². The average Bonchev–Trinajstić information content (AvgIpc) is 2.86. The van der Waals surface area contributed by atoms with Crippen molar-refractivity contribution >= 4 is 15.9 Å². The number of carbonyl (C=O) groups excluding carboxylic acids is 1. The fourth-order valence-electron chi connectivity index (χ4n) is 4.75. The number of carbonyl (C=O) groups is 1. The molecule has 1 unspecified atom stereocenters. The second-order valence-electron chi connectivity index (χ2n) is 9.24. The predicted molar refractivity (Wildman–Crippen MR) is 133 cm³/mol. The highest BCUT2D eigenvalue weighted by Crippen LogP contribution is 2.24. The predicted octanol–water partition coefficient (Wildman–Crippen LogP) is 2.73. The minimum absolute atomic E-state index is 0.00246. The first-order chi connectivity index (χ1) is 16.4. The van der Waals surface area contributed by atoms with Crippen molar-refractivity contribution in [2.24, 2.45) is 5.92 Å². The Morgan fingerprint density at radius 3 is 2.29 bits per heavy atom. The van der Waals surface area contributed by atoms with Gasteiger partial charge in [0, 0.05) is 38.6 Å². The van der Waals surface area contributed by atoms with Gasteiger partial charge in [0.15, 0.2) is 0 Å². The van der Waals surface area contributed by atoms with Crippen LogP contribution in [0.4, 0.5) is 0 Å². The van der Waals surface area contributed by atoms with Gasteiger partial charge < -0.3 is 10.1 Å². The van der Waals surface area contributed by atoms with Crippen molar-refractivity contribution < 1.29 is 17.9 Å². The molecule has 2 heterocycles. The molecule has 1 N–H and O–H groups in total. The molecule has 1 atom stereocenters. The van der Waals surface area contributed by atoms with Gasteiger partial charge in [-0.25, -0.2) is 12.7 Å². The Bertz CT molecular complexity index is 1030. The summed E-state index contributed by atoms with van der Waals surface area (Å²) in [5, 5.41) is 3.17. The zero-order valence-corrected chi connectivity index (χ0v) is 20.7. The molecule has 2 aliphatic heterocycles. The number of aryl methyl sites for hydroxylation is 1. The maximum atomic E-state index is 13.0. The van der Waals surface area contributed by atoms with E-state index in [9.17, 15) is 13.2 Å². The summed E-state index contributed by atoms with van der Waals surface area (Å²) >= 11 is 0. The number of nitrogens with one attached hydrogen (secondary N) is 1. The number of nitrogens with zero attached hydrogens (tertiary/aromatic N) is 2. The molecule has 0 aliphatic carbocycles. The third-order valence-corrected chi connectivity index (χ3v) is 8.68. The lowest BCUT2D eigenvalue weighted by atomic mass is 9.96. The van der Waals surface area contributed by atoms with E-state index in [0.717, 1.165) is 18.7 Å². The van der Waals surface area contributed by atoms with Crippen LogP contribution in [-0.2, 0) is 25.3 Å². The lowest BCUT2D eigenvalue weighted by molar-refractivity contribution is -0.126. The zero-order valence-electron chi connectivity index (χ0n) is 19.9. The van der Waals surface area contributed by atoms with Crippen LogP contribution in [0.2, 0.25) is 0 Å². The normalized spacial score (nSPS) is 19.6. The summed E-state index contributed by atoms with van der Waals surface area (Å²) in [6, 6.07) is 17.8. The molecule has 0 saturated carbocycles. The molecule has 2 aliphatic rings. The van der Waals surface area contributed by atoms with E-state index in [1.54, 1.807) is 0 Å². The van der Waals surface area contributed by atoms with Gasteiger partial charge in [-0.3, -0.25) is 9.69 Å². The molecule has 0 aromatic heterocycles. The summed E-state index contributed by atoms with van der Waals surface area (Å²) < 4.78 is 32.7. The fraction of sp³-hybridized carbons (Fsp3) is 0.500. The summed E-state index contributed by atoms with van der Waals surface area (Å²) in [6.07, 6.45) is 1.10. The van der Waals surface area contributed by atoms with Crippen LogP contribution in [0, 0.1) is 12.8 Å². The van der Waals surface area contributed by atoms with E-state index in [1.165, 1.54) is 15.4 Å². The van der Waals surface area contributed by atoms with Gasteiger partial charge >= 0.3 is 0 Å². The Morgan fingerprint density at radius 2 is 1.65 bits per heavy atom. The molecule has 4 rings (SSSR count). The second-order valence-corrected chi connectivity index (χ2v) is 11.2. The molecule has 2 aromatic carbocycles. The average molecular weight is 486 g/mol. The quantitative estimate of drug-likeness (QED) is 0.622. The molecule has 0 bridgehead atoms. The number of hydrogen-bond donors (Lipinski definition) is 1. The largest absolute Gasteiger partial charge is 0.379 e. The van der Waals surface area contributed by atoms with E-state index < -0.39 is 10.0 Å². The van der Waals surface area contributed by atoms with Gasteiger partial charge in [0.1, 0.15) is 0 Å². The summed E-state index contributed by atoms with van der Waals surface area (Å²) in [4.78, 5) is 15.4. The third-order valence-electron chi connectivity index (χ3n) is 6.83. The number of piperidine rings is 1. The first-order valence-corrected chi connectivity index (χ1v) is 13.7. The van der Waals surface area contributed by atoms with Crippen molar-refractivity contribution in [3.05, 3.63) is 71.3 Å². The van der Waals surface area contributed by atoms with Gasteiger partial charge in [0.2, 0.25) is 15.9 Å². The number of rotatable bonds is 8. The van der Waals surface area contributed by atoms with Crippen molar-refractivity contribution in [3.8, 4) is 0 Å². The van der Waals surface area contributed by atoms with Gasteiger partial charge in [-0.2, -0.15) is 0 Å². The van der Waals surface area contributed by atoms with E-state index in [-0.39, 0.29) is 23.6 Å². The SMILES string of the molecule is Cc1ccc(C(CNC(=O)C2CCN(S(=O)(=O)Cc3ccccc3)CC2)N2CCOCC2)cc1. The molecule has 2 fully saturated rings. The maximum absolute atomic E-state index is 13.0. The fourth-order valence-corrected chi connectivity index (χ4v) is 6.31. The maximum Gasteiger partial charge on any atom is 0.223 e. The number of morpholine rings is 1. The molecule has 2 saturated heterocycles. The summed E-state index contributed by atoms with van der Waals surface area (Å²) in [5.74, 6) is -0.139. The minimum Gasteiger partial charge on any atom is -0.379 e. The van der Waals surface area contributed by atoms with E-state index >= 15 is 0 Å². The first kappa shape index (κ1) is 24.9. The molecule has 8 heteroatoms. The Balaban J connectivity index is 1.32. The van der Waals surface area contributed by atoms with Gasteiger partial charge in [0.25, 0.3) is 0 Å². The molecule has 1 amide bonds. The molecule has 0 spiro atoms. The van der Waals surface area contributed by atoms with Crippen molar-refractivity contribution in [3.63, 3.8) is 0 Å². The molecule has 0 radical (unpaired) electrons. The smallest absolute Gasteiger partial charge is 0.223 e. The van der Waals surface area contributed by atoms with Crippen LogP contribution in [0.5, 0.6) is 0 Å². The summed E-state index contributed by atoms with van der Waals surface area (Å²) in [5.41, 5.74) is 3.18. The van der Waals surface area contributed by atoms with Crippen LogP contribution in [0.3, 0.4) is 0 Å². The highest BCUT2D eigenvalue weighted by Gasteiger charge is 2.32. The van der Waals surface area contributed by atoms with Crippen LogP contribution >= 0.6 is 0 Å². The summed E-state index contributed by atoms with van der Waals surface area (Å²) in [6.45, 7) is 6.46. The Kier molecular flexibility index (Phi) is 8.37. The Labute approximate surface area is 203 Å². The van der Waals surface area contributed by atoms with E-state index in [1.807, 2.05) is 30.3 Å². The van der Waals surface area contributed by atoms with Gasteiger partial charge in [-0.15, -0.1) is 0 Å². The standard InChI is InChI=1S/C26H35N3O4S/c1-21-7-9-23(10-8-21)25(28-15-17-33-18-16-28)19-27-26(30)24-11-13-29(14-12-24)34(31,32)20-22-5-3-2-4-6-22/h2-10,24-25H,11-20H2,1H3,(H,27,30). The van der Waals surface area contributed by atoms with E-state index in [4.69, 9.17) is 4.74 Å². The highest BCUT2D eigenvalue weighted by molar-refractivity contribution is 7.88. The first-order valence-electron chi connectivity index (χ1n) is 12.1. The van der Waals surface area contributed by atoms with Crippen molar-refractivity contribution in [2.45, 2.75) is 31.6 Å². The van der Waals surface area contributed by atoms with Gasteiger partial charge in [0.05, 0.1) is 25.0 Å². The van der Waals surface area contributed by atoms with Crippen molar-refractivity contribution in [1.82, 2.24) is 14.5 Å². The Morgan fingerprint density at radius 1 is 1.00 bits per heavy atom. The second kappa shape index (κ2) is 11.4. The molecule has 34 heavy (non-hydrogen) atoms. The minimum atomic E-state index is -3.38. The van der Waals surface area contributed by atoms with Crippen LogP contribution < -0.4 is 5.32 Å². The van der Waals surface area contributed by atoms with Crippen molar-refractivity contribution in [2.75, 3.05) is 45.9 Å². The van der Waals surface area contributed by atoms with Crippen molar-refractivity contribution in [1.29, 1.82) is 0 Å². The number of ether oxygens (including phenoxy) is 1. The lowest BCUT2D eigenvalue weighted by Crippen LogP contribution is -2.46. The lowest BCUT2D eigenvalue weighted by Gasteiger charge is -2.35.